The lowest BCUT2D eigenvalue weighted by Crippen LogP contribution is -2.22. The largest absolute Gasteiger partial charge is 0.393 e. The van der Waals surface area contributed by atoms with Gasteiger partial charge in [0, 0.05) is 15.9 Å². The first-order valence-electron chi connectivity index (χ1n) is 5.20. The average Bonchev–Trinajstić information content (AvgIpc) is 2.50. The van der Waals surface area contributed by atoms with Gasteiger partial charge in [-0.25, -0.2) is 0 Å². The Morgan fingerprint density at radius 3 is 2.80 bits per heavy atom. The maximum atomic E-state index is 9.22. The van der Waals surface area contributed by atoms with E-state index < -0.39 is 0 Å². The molecule has 86 valence electrons. The van der Waals surface area contributed by atoms with E-state index in [0.717, 1.165) is 19.5 Å². The van der Waals surface area contributed by atoms with E-state index in [1.54, 1.807) is 11.3 Å². The second kappa shape index (κ2) is 6.63. The first kappa shape index (κ1) is 13.2. The topological polar surface area (TPSA) is 32.3 Å². The van der Waals surface area contributed by atoms with Crippen LogP contribution in [-0.2, 0) is 6.54 Å². The van der Waals surface area contributed by atoms with E-state index in [2.05, 4.69) is 39.6 Å². The molecule has 2 N–H and O–H groups in total. The molecule has 1 aromatic heterocycles. The van der Waals surface area contributed by atoms with E-state index in [1.807, 2.05) is 6.92 Å². The van der Waals surface area contributed by atoms with Crippen molar-refractivity contribution >= 4 is 27.3 Å². The lowest BCUT2D eigenvalue weighted by molar-refractivity contribution is 0.163. The zero-order valence-corrected chi connectivity index (χ0v) is 11.6. The van der Waals surface area contributed by atoms with Gasteiger partial charge in [0.25, 0.3) is 0 Å². The molecule has 0 saturated carbocycles. The summed E-state index contributed by atoms with van der Waals surface area (Å²) in [4.78, 5) is 1.33. The Balaban J connectivity index is 2.19. The molecule has 2 nitrogen and oxygen atoms in total. The van der Waals surface area contributed by atoms with Gasteiger partial charge in [-0.05, 0) is 53.2 Å². The molecule has 2 atom stereocenters. The normalized spacial score (nSPS) is 15.2. The monoisotopic (exact) mass is 291 g/mol. The standard InChI is InChI=1S/C11H18BrNOS/c1-8(5-9(2)14)6-13-7-11-10(12)3-4-15-11/h3-4,8-9,13-14H,5-7H2,1-2H3/t8-,9+/m0/s1. The van der Waals surface area contributed by atoms with Crippen LogP contribution < -0.4 is 5.32 Å². The number of halogens is 1. The molecule has 0 radical (unpaired) electrons. The molecule has 0 amide bonds. The molecule has 0 aliphatic carbocycles. The summed E-state index contributed by atoms with van der Waals surface area (Å²) in [5, 5.41) is 14.7. The molecule has 0 spiro atoms. The number of nitrogens with one attached hydrogen (secondary N) is 1. The van der Waals surface area contributed by atoms with Crippen molar-refractivity contribution in [3.8, 4) is 0 Å². The van der Waals surface area contributed by atoms with Gasteiger partial charge < -0.3 is 10.4 Å². The first-order chi connectivity index (χ1) is 7.09. The van der Waals surface area contributed by atoms with Crippen molar-refractivity contribution in [1.29, 1.82) is 0 Å². The van der Waals surface area contributed by atoms with Crippen molar-refractivity contribution < 1.29 is 5.11 Å². The van der Waals surface area contributed by atoms with Crippen LogP contribution in [0.3, 0.4) is 0 Å². The minimum Gasteiger partial charge on any atom is -0.393 e. The van der Waals surface area contributed by atoms with E-state index in [4.69, 9.17) is 0 Å². The highest BCUT2D eigenvalue weighted by Crippen LogP contribution is 2.22. The lowest BCUT2D eigenvalue weighted by Gasteiger charge is -2.13. The summed E-state index contributed by atoms with van der Waals surface area (Å²) < 4.78 is 1.18. The molecular formula is C11H18BrNOS. The summed E-state index contributed by atoms with van der Waals surface area (Å²) in [5.41, 5.74) is 0. The molecule has 15 heavy (non-hydrogen) atoms. The van der Waals surface area contributed by atoms with Gasteiger partial charge in [-0.1, -0.05) is 6.92 Å². The van der Waals surface area contributed by atoms with Crippen LogP contribution in [-0.4, -0.2) is 17.8 Å². The SMILES string of the molecule is C[C@H](CNCc1sccc1Br)C[C@@H](C)O. The number of hydrogen-bond acceptors (Lipinski definition) is 3. The Morgan fingerprint density at radius 1 is 1.53 bits per heavy atom. The van der Waals surface area contributed by atoms with Gasteiger partial charge in [0.05, 0.1) is 6.10 Å². The Hall–Kier alpha value is 0.1000. The Labute approximate surface area is 104 Å². The molecule has 0 fully saturated rings. The van der Waals surface area contributed by atoms with Crippen molar-refractivity contribution in [3.05, 3.63) is 20.8 Å². The molecule has 1 heterocycles. The fraction of sp³-hybridized carbons (Fsp3) is 0.636. The fourth-order valence-electron chi connectivity index (χ4n) is 1.55. The van der Waals surface area contributed by atoms with Crippen molar-refractivity contribution in [2.45, 2.75) is 32.9 Å². The molecule has 0 saturated heterocycles. The molecule has 0 aromatic carbocycles. The Bertz CT molecular complexity index is 288. The van der Waals surface area contributed by atoms with Crippen molar-refractivity contribution in [1.82, 2.24) is 5.32 Å². The maximum absolute atomic E-state index is 9.22. The number of rotatable bonds is 6. The quantitative estimate of drug-likeness (QED) is 0.845. The highest BCUT2D eigenvalue weighted by Gasteiger charge is 2.06. The molecule has 0 bridgehead atoms. The third kappa shape index (κ3) is 5.11. The number of aliphatic hydroxyl groups is 1. The number of thiophene rings is 1. The van der Waals surface area contributed by atoms with Gasteiger partial charge in [0.2, 0.25) is 0 Å². The zero-order valence-electron chi connectivity index (χ0n) is 9.16. The van der Waals surface area contributed by atoms with Gasteiger partial charge in [-0.2, -0.15) is 0 Å². The molecule has 1 rings (SSSR count). The van der Waals surface area contributed by atoms with Crippen molar-refractivity contribution in [2.24, 2.45) is 5.92 Å². The predicted octanol–water partition coefficient (Wildman–Crippen LogP) is 3.01. The highest BCUT2D eigenvalue weighted by atomic mass is 79.9. The van der Waals surface area contributed by atoms with Crippen LogP contribution in [0.1, 0.15) is 25.1 Å². The number of aliphatic hydroxyl groups excluding tert-OH is 1. The summed E-state index contributed by atoms with van der Waals surface area (Å²) in [6.45, 7) is 5.85. The lowest BCUT2D eigenvalue weighted by atomic mass is 10.1. The summed E-state index contributed by atoms with van der Waals surface area (Å²) in [6, 6.07) is 2.07. The fourth-order valence-corrected chi connectivity index (χ4v) is 3.01. The highest BCUT2D eigenvalue weighted by molar-refractivity contribution is 9.10. The second-order valence-corrected chi connectivity index (χ2v) is 5.87. The van der Waals surface area contributed by atoms with E-state index >= 15 is 0 Å². The second-order valence-electron chi connectivity index (χ2n) is 4.01. The number of hydrogen-bond donors (Lipinski definition) is 2. The van der Waals surface area contributed by atoms with Crippen molar-refractivity contribution in [3.63, 3.8) is 0 Å². The van der Waals surface area contributed by atoms with Crippen LogP contribution in [0.4, 0.5) is 0 Å². The third-order valence-corrected chi connectivity index (χ3v) is 4.14. The predicted molar refractivity (Wildman–Crippen MR) is 69.2 cm³/mol. The third-order valence-electron chi connectivity index (χ3n) is 2.21. The van der Waals surface area contributed by atoms with E-state index in [9.17, 15) is 5.11 Å². The van der Waals surface area contributed by atoms with Gasteiger partial charge in [-0.3, -0.25) is 0 Å². The van der Waals surface area contributed by atoms with Crippen LogP contribution in [0.15, 0.2) is 15.9 Å². The molecule has 0 aliphatic heterocycles. The molecule has 0 aliphatic rings. The summed E-state index contributed by atoms with van der Waals surface area (Å²) in [6.07, 6.45) is 0.661. The van der Waals surface area contributed by atoms with Crippen LogP contribution >= 0.6 is 27.3 Å². The van der Waals surface area contributed by atoms with E-state index in [0.29, 0.717) is 5.92 Å². The van der Waals surface area contributed by atoms with Crippen molar-refractivity contribution in [2.75, 3.05) is 6.54 Å². The van der Waals surface area contributed by atoms with E-state index in [1.165, 1.54) is 9.35 Å². The van der Waals surface area contributed by atoms with E-state index in [-0.39, 0.29) is 6.10 Å². The zero-order chi connectivity index (χ0) is 11.3. The van der Waals surface area contributed by atoms with Crippen LogP contribution in [0.5, 0.6) is 0 Å². The van der Waals surface area contributed by atoms with Crippen LogP contribution in [0, 0.1) is 5.92 Å². The smallest absolute Gasteiger partial charge is 0.0515 e. The Kier molecular flexibility index (Phi) is 5.82. The molecule has 0 unspecified atom stereocenters. The van der Waals surface area contributed by atoms with Gasteiger partial charge >= 0.3 is 0 Å². The average molecular weight is 292 g/mol. The minimum atomic E-state index is -0.199. The van der Waals surface area contributed by atoms with Gasteiger partial charge in [0.1, 0.15) is 0 Å². The van der Waals surface area contributed by atoms with Gasteiger partial charge in [-0.15, -0.1) is 11.3 Å². The summed E-state index contributed by atoms with van der Waals surface area (Å²) >= 11 is 5.26. The summed E-state index contributed by atoms with van der Waals surface area (Å²) in [7, 11) is 0. The van der Waals surface area contributed by atoms with Gasteiger partial charge in [0.15, 0.2) is 0 Å². The molecule has 1 aromatic rings. The molecular weight excluding hydrogens is 274 g/mol. The Morgan fingerprint density at radius 2 is 2.27 bits per heavy atom. The van der Waals surface area contributed by atoms with Crippen LogP contribution in [0.2, 0.25) is 0 Å². The first-order valence-corrected chi connectivity index (χ1v) is 6.87. The summed E-state index contributed by atoms with van der Waals surface area (Å²) in [5.74, 6) is 0.517. The maximum Gasteiger partial charge on any atom is 0.0515 e. The molecule has 4 heteroatoms. The van der Waals surface area contributed by atoms with Crippen LogP contribution in [0.25, 0.3) is 0 Å². The minimum absolute atomic E-state index is 0.199.